The third kappa shape index (κ3) is 3.71. The van der Waals surface area contributed by atoms with E-state index in [4.69, 9.17) is 9.47 Å². The maximum absolute atomic E-state index is 6.00. The van der Waals surface area contributed by atoms with Crippen LogP contribution in [0, 0.1) is 5.92 Å². The van der Waals surface area contributed by atoms with Crippen LogP contribution in [0.4, 0.5) is 0 Å². The molecule has 1 aromatic carbocycles. The molecule has 0 aromatic heterocycles. The molecule has 0 amide bonds. The monoisotopic (exact) mass is 263 g/mol. The van der Waals surface area contributed by atoms with Crippen molar-refractivity contribution in [2.24, 2.45) is 5.92 Å². The molecule has 3 heteroatoms. The summed E-state index contributed by atoms with van der Waals surface area (Å²) >= 11 is 0. The lowest BCUT2D eigenvalue weighted by atomic mass is 9.97. The number of hydrogen-bond acceptors (Lipinski definition) is 3. The highest BCUT2D eigenvalue weighted by Gasteiger charge is 2.37. The second-order valence-electron chi connectivity index (χ2n) is 5.07. The van der Waals surface area contributed by atoms with Crippen LogP contribution in [0.25, 0.3) is 0 Å². The summed E-state index contributed by atoms with van der Waals surface area (Å²) in [5.41, 5.74) is 1.29. The van der Waals surface area contributed by atoms with Gasteiger partial charge in [-0.2, -0.15) is 0 Å². The van der Waals surface area contributed by atoms with E-state index >= 15 is 0 Å². The number of methoxy groups -OCH3 is 1. The topological polar surface area (TPSA) is 30.5 Å². The van der Waals surface area contributed by atoms with Crippen LogP contribution < -0.4 is 10.1 Å². The van der Waals surface area contributed by atoms with Crippen molar-refractivity contribution >= 4 is 0 Å². The smallest absolute Gasteiger partial charge is 0.118 e. The Bertz CT molecular complexity index is 373. The number of rotatable bonds is 8. The van der Waals surface area contributed by atoms with Crippen LogP contribution in [0.1, 0.15) is 38.3 Å². The number of nitrogens with one attached hydrogen (secondary N) is 1. The van der Waals surface area contributed by atoms with E-state index in [0.717, 1.165) is 18.9 Å². The van der Waals surface area contributed by atoms with Crippen molar-refractivity contribution in [1.29, 1.82) is 0 Å². The molecule has 2 rings (SSSR count). The van der Waals surface area contributed by atoms with Gasteiger partial charge in [-0.15, -0.1) is 0 Å². The fourth-order valence-electron chi connectivity index (χ4n) is 2.58. The third-order valence-electron chi connectivity index (χ3n) is 3.67. The lowest BCUT2D eigenvalue weighted by molar-refractivity contribution is 0.0189. The first kappa shape index (κ1) is 14.4. The van der Waals surface area contributed by atoms with Gasteiger partial charge in [-0.3, -0.25) is 0 Å². The van der Waals surface area contributed by atoms with Crippen molar-refractivity contribution in [2.75, 3.05) is 20.3 Å². The standard InChI is InChI=1S/C16H25NO2/c1-4-17-15(16(19-5-2)13-6-7-13)12-8-10-14(18-3)11-9-12/h8-11,13,15-17H,4-7H2,1-3H3. The van der Waals surface area contributed by atoms with E-state index in [1.807, 2.05) is 12.1 Å². The molecule has 0 radical (unpaired) electrons. The summed E-state index contributed by atoms with van der Waals surface area (Å²) in [7, 11) is 1.70. The second-order valence-corrected chi connectivity index (χ2v) is 5.07. The second kappa shape index (κ2) is 6.92. The zero-order valence-electron chi connectivity index (χ0n) is 12.2. The van der Waals surface area contributed by atoms with Crippen molar-refractivity contribution < 1.29 is 9.47 Å². The summed E-state index contributed by atoms with van der Waals surface area (Å²) in [6, 6.07) is 8.61. The van der Waals surface area contributed by atoms with Crippen LogP contribution in [0.15, 0.2) is 24.3 Å². The Hall–Kier alpha value is -1.06. The maximum Gasteiger partial charge on any atom is 0.118 e. The summed E-state index contributed by atoms with van der Waals surface area (Å²) in [4.78, 5) is 0. The van der Waals surface area contributed by atoms with Crippen molar-refractivity contribution in [3.63, 3.8) is 0 Å². The molecule has 1 N–H and O–H groups in total. The van der Waals surface area contributed by atoms with Gasteiger partial charge in [0.1, 0.15) is 5.75 Å². The van der Waals surface area contributed by atoms with Crippen molar-refractivity contribution in [1.82, 2.24) is 5.32 Å². The molecule has 1 saturated carbocycles. The van der Waals surface area contributed by atoms with Crippen molar-refractivity contribution in [3.05, 3.63) is 29.8 Å². The van der Waals surface area contributed by atoms with Gasteiger partial charge in [-0.1, -0.05) is 19.1 Å². The molecule has 0 heterocycles. The van der Waals surface area contributed by atoms with Crippen molar-refractivity contribution in [2.45, 2.75) is 38.8 Å². The Morgan fingerprint density at radius 1 is 1.21 bits per heavy atom. The lowest BCUT2D eigenvalue weighted by Crippen LogP contribution is -2.35. The average Bonchev–Trinajstić information content (AvgIpc) is 3.27. The fourth-order valence-corrected chi connectivity index (χ4v) is 2.58. The Labute approximate surface area is 116 Å². The molecular weight excluding hydrogens is 238 g/mol. The van der Waals surface area contributed by atoms with Gasteiger partial charge in [0.2, 0.25) is 0 Å². The molecule has 19 heavy (non-hydrogen) atoms. The van der Waals surface area contributed by atoms with Crippen LogP contribution in [-0.4, -0.2) is 26.4 Å². The zero-order valence-corrected chi connectivity index (χ0v) is 12.2. The molecule has 0 aliphatic heterocycles. The first-order valence-electron chi connectivity index (χ1n) is 7.29. The summed E-state index contributed by atoms with van der Waals surface area (Å²) in [5, 5.41) is 3.58. The third-order valence-corrected chi connectivity index (χ3v) is 3.67. The SMILES string of the molecule is CCNC(c1ccc(OC)cc1)C(OCC)C1CC1. The molecule has 0 saturated heterocycles. The predicted molar refractivity (Wildman–Crippen MR) is 77.5 cm³/mol. The molecule has 106 valence electrons. The quantitative estimate of drug-likeness (QED) is 0.781. The molecular formula is C16H25NO2. The Morgan fingerprint density at radius 3 is 2.37 bits per heavy atom. The van der Waals surface area contributed by atoms with E-state index in [1.54, 1.807) is 7.11 Å². The highest BCUT2D eigenvalue weighted by molar-refractivity contribution is 5.30. The van der Waals surface area contributed by atoms with Gasteiger partial charge in [0.15, 0.2) is 0 Å². The van der Waals surface area contributed by atoms with Crippen LogP contribution in [-0.2, 0) is 4.74 Å². The average molecular weight is 263 g/mol. The van der Waals surface area contributed by atoms with E-state index < -0.39 is 0 Å². The van der Waals surface area contributed by atoms with Crippen LogP contribution in [0.3, 0.4) is 0 Å². The maximum atomic E-state index is 6.00. The van der Waals surface area contributed by atoms with Gasteiger partial charge in [-0.05, 0) is 49.9 Å². The minimum Gasteiger partial charge on any atom is -0.497 e. The summed E-state index contributed by atoms with van der Waals surface area (Å²) in [6.45, 7) is 5.95. The zero-order chi connectivity index (χ0) is 13.7. The first-order chi connectivity index (χ1) is 9.30. The molecule has 2 atom stereocenters. The number of ether oxygens (including phenoxy) is 2. The number of benzene rings is 1. The molecule has 0 bridgehead atoms. The van der Waals surface area contributed by atoms with Crippen LogP contribution in [0.5, 0.6) is 5.75 Å². The summed E-state index contributed by atoms with van der Waals surface area (Å²) in [5.74, 6) is 1.62. The predicted octanol–water partition coefficient (Wildman–Crippen LogP) is 3.16. The molecule has 3 nitrogen and oxygen atoms in total. The van der Waals surface area contributed by atoms with Gasteiger partial charge in [0.05, 0.1) is 19.3 Å². The largest absolute Gasteiger partial charge is 0.497 e. The van der Waals surface area contributed by atoms with E-state index in [1.165, 1.54) is 18.4 Å². The van der Waals surface area contributed by atoms with Gasteiger partial charge in [0.25, 0.3) is 0 Å². The summed E-state index contributed by atoms with van der Waals surface area (Å²) in [6.07, 6.45) is 2.88. The number of hydrogen-bond donors (Lipinski definition) is 1. The van der Waals surface area contributed by atoms with E-state index in [0.29, 0.717) is 12.0 Å². The van der Waals surface area contributed by atoms with Gasteiger partial charge >= 0.3 is 0 Å². The molecule has 1 aliphatic rings. The van der Waals surface area contributed by atoms with E-state index in [9.17, 15) is 0 Å². The minimum absolute atomic E-state index is 0.281. The van der Waals surface area contributed by atoms with Crippen molar-refractivity contribution in [3.8, 4) is 5.75 Å². The highest BCUT2D eigenvalue weighted by atomic mass is 16.5. The summed E-state index contributed by atoms with van der Waals surface area (Å²) < 4.78 is 11.2. The van der Waals surface area contributed by atoms with E-state index in [2.05, 4.69) is 31.3 Å². The molecule has 2 unspecified atom stereocenters. The van der Waals surface area contributed by atoms with Crippen LogP contribution >= 0.6 is 0 Å². The molecule has 1 aromatic rings. The minimum atomic E-state index is 0.281. The highest BCUT2D eigenvalue weighted by Crippen LogP contribution is 2.40. The first-order valence-corrected chi connectivity index (χ1v) is 7.29. The lowest BCUT2D eigenvalue weighted by Gasteiger charge is -2.28. The Kier molecular flexibility index (Phi) is 5.23. The van der Waals surface area contributed by atoms with Crippen LogP contribution in [0.2, 0.25) is 0 Å². The molecule has 1 aliphatic carbocycles. The number of likely N-dealkylation sites (N-methyl/N-ethyl adjacent to an activating group) is 1. The van der Waals surface area contributed by atoms with Gasteiger partial charge in [0, 0.05) is 6.61 Å². The Morgan fingerprint density at radius 2 is 1.89 bits per heavy atom. The molecule has 1 fully saturated rings. The van der Waals surface area contributed by atoms with Gasteiger partial charge in [-0.25, -0.2) is 0 Å². The molecule has 0 spiro atoms. The fraction of sp³-hybridized carbons (Fsp3) is 0.625. The van der Waals surface area contributed by atoms with Gasteiger partial charge < -0.3 is 14.8 Å². The van der Waals surface area contributed by atoms with E-state index in [-0.39, 0.29) is 6.04 Å². The normalized spacial score (nSPS) is 18.1. The Balaban J connectivity index is 2.16.